The number of nitrogens with one attached hydrogen (secondary N) is 2. The summed E-state index contributed by atoms with van der Waals surface area (Å²) in [5.41, 5.74) is 3.13. The van der Waals surface area contributed by atoms with Gasteiger partial charge in [-0.15, -0.1) is 0 Å². The monoisotopic (exact) mass is 388 g/mol. The van der Waals surface area contributed by atoms with E-state index < -0.39 is 0 Å². The van der Waals surface area contributed by atoms with Crippen LogP contribution >= 0.6 is 0 Å². The standard InChI is InChI=1S/C22H36N4O2/c1-5-25(6-2)20-12-13-21(17(3)16-20)26(18(4)27)15-14-23-22(28)24-19-10-8-7-9-11-19/h12-13,16,19H,5-11,14-15H2,1-4H3,(H2,23,24,28). The predicted molar refractivity (Wildman–Crippen MR) is 116 cm³/mol. The molecule has 0 aromatic heterocycles. The van der Waals surface area contributed by atoms with Crippen LogP contribution in [0.25, 0.3) is 0 Å². The summed E-state index contributed by atoms with van der Waals surface area (Å²) in [6.07, 6.45) is 5.76. The topological polar surface area (TPSA) is 64.7 Å². The van der Waals surface area contributed by atoms with E-state index in [1.54, 1.807) is 11.8 Å². The predicted octanol–water partition coefficient (Wildman–Crippen LogP) is 3.83. The minimum Gasteiger partial charge on any atom is -0.372 e. The molecule has 156 valence electrons. The first-order valence-electron chi connectivity index (χ1n) is 10.6. The molecule has 1 aromatic carbocycles. The summed E-state index contributed by atoms with van der Waals surface area (Å²) in [6.45, 7) is 10.7. The molecule has 0 aliphatic heterocycles. The lowest BCUT2D eigenvalue weighted by Crippen LogP contribution is -2.45. The minimum atomic E-state index is -0.135. The second-order valence-electron chi connectivity index (χ2n) is 7.55. The van der Waals surface area contributed by atoms with Gasteiger partial charge in [-0.3, -0.25) is 4.79 Å². The molecule has 0 bridgehead atoms. The molecule has 2 N–H and O–H groups in total. The Labute approximate surface area is 169 Å². The van der Waals surface area contributed by atoms with E-state index in [9.17, 15) is 9.59 Å². The first-order chi connectivity index (χ1) is 13.5. The Kier molecular flexibility index (Phi) is 8.61. The van der Waals surface area contributed by atoms with Gasteiger partial charge in [-0.25, -0.2) is 4.79 Å². The number of carbonyl (C=O) groups is 2. The Balaban J connectivity index is 1.93. The maximum absolute atomic E-state index is 12.2. The maximum Gasteiger partial charge on any atom is 0.315 e. The Bertz CT molecular complexity index is 652. The van der Waals surface area contributed by atoms with Gasteiger partial charge in [-0.1, -0.05) is 19.3 Å². The van der Waals surface area contributed by atoms with Crippen molar-refractivity contribution in [2.24, 2.45) is 0 Å². The number of amides is 3. The summed E-state index contributed by atoms with van der Waals surface area (Å²) in [6, 6.07) is 6.35. The smallest absolute Gasteiger partial charge is 0.315 e. The third-order valence-corrected chi connectivity index (χ3v) is 5.54. The SMILES string of the molecule is CCN(CC)c1ccc(N(CCNC(=O)NC2CCCCC2)C(C)=O)c(C)c1. The van der Waals surface area contributed by atoms with Gasteiger partial charge in [0, 0.05) is 50.5 Å². The van der Waals surface area contributed by atoms with Crippen molar-refractivity contribution < 1.29 is 9.59 Å². The second kappa shape index (κ2) is 10.9. The van der Waals surface area contributed by atoms with E-state index in [1.807, 2.05) is 13.0 Å². The highest BCUT2D eigenvalue weighted by Gasteiger charge is 2.17. The third kappa shape index (κ3) is 6.14. The summed E-state index contributed by atoms with van der Waals surface area (Å²) in [5.74, 6) is -0.0202. The molecule has 1 fully saturated rings. The molecule has 6 nitrogen and oxygen atoms in total. The number of hydrogen-bond acceptors (Lipinski definition) is 3. The Morgan fingerprint density at radius 3 is 2.36 bits per heavy atom. The Hall–Kier alpha value is -2.24. The Morgan fingerprint density at radius 1 is 1.11 bits per heavy atom. The van der Waals surface area contributed by atoms with Crippen molar-refractivity contribution >= 4 is 23.3 Å². The zero-order chi connectivity index (χ0) is 20.5. The lowest BCUT2D eigenvalue weighted by atomic mass is 9.96. The zero-order valence-corrected chi connectivity index (χ0v) is 17.9. The van der Waals surface area contributed by atoms with Gasteiger partial charge in [0.05, 0.1) is 0 Å². The summed E-state index contributed by atoms with van der Waals surface area (Å²) >= 11 is 0. The molecule has 0 saturated heterocycles. The van der Waals surface area contributed by atoms with Crippen LogP contribution in [0.1, 0.15) is 58.4 Å². The third-order valence-electron chi connectivity index (χ3n) is 5.54. The van der Waals surface area contributed by atoms with Crippen LogP contribution in [0.5, 0.6) is 0 Å². The number of rotatable bonds is 8. The molecule has 1 saturated carbocycles. The van der Waals surface area contributed by atoms with Crippen LogP contribution < -0.4 is 20.4 Å². The molecule has 1 aliphatic rings. The van der Waals surface area contributed by atoms with Gasteiger partial charge >= 0.3 is 6.03 Å². The van der Waals surface area contributed by atoms with Crippen molar-refractivity contribution in [1.82, 2.24) is 10.6 Å². The Morgan fingerprint density at radius 2 is 1.79 bits per heavy atom. The molecule has 28 heavy (non-hydrogen) atoms. The van der Waals surface area contributed by atoms with E-state index in [4.69, 9.17) is 0 Å². The largest absolute Gasteiger partial charge is 0.372 e. The van der Waals surface area contributed by atoms with Crippen molar-refractivity contribution in [3.05, 3.63) is 23.8 Å². The molecule has 6 heteroatoms. The number of nitrogens with zero attached hydrogens (tertiary/aromatic N) is 2. The van der Waals surface area contributed by atoms with Crippen LogP contribution in [0.2, 0.25) is 0 Å². The van der Waals surface area contributed by atoms with Gasteiger partial charge in [-0.05, 0) is 57.4 Å². The van der Waals surface area contributed by atoms with Crippen LogP contribution in [-0.2, 0) is 4.79 Å². The molecule has 3 amide bonds. The van der Waals surface area contributed by atoms with Crippen molar-refractivity contribution in [2.45, 2.75) is 65.8 Å². The minimum absolute atomic E-state index is 0.0202. The summed E-state index contributed by atoms with van der Waals surface area (Å²) in [4.78, 5) is 28.4. The van der Waals surface area contributed by atoms with Crippen molar-refractivity contribution in [3.8, 4) is 0 Å². The van der Waals surface area contributed by atoms with Crippen molar-refractivity contribution in [2.75, 3.05) is 36.0 Å². The normalized spacial score (nSPS) is 14.4. The molecule has 1 aromatic rings. The average Bonchev–Trinajstić information content (AvgIpc) is 2.67. The van der Waals surface area contributed by atoms with Crippen molar-refractivity contribution in [3.63, 3.8) is 0 Å². The van der Waals surface area contributed by atoms with Crippen LogP contribution in [0.4, 0.5) is 16.2 Å². The summed E-state index contributed by atoms with van der Waals surface area (Å²) in [5, 5.41) is 5.95. The maximum atomic E-state index is 12.2. The van der Waals surface area contributed by atoms with Crippen LogP contribution in [0.15, 0.2) is 18.2 Å². The second-order valence-corrected chi connectivity index (χ2v) is 7.55. The number of benzene rings is 1. The molecule has 1 aliphatic carbocycles. The molecule has 0 spiro atoms. The van der Waals surface area contributed by atoms with Gasteiger partial charge < -0.3 is 20.4 Å². The zero-order valence-electron chi connectivity index (χ0n) is 17.9. The fraction of sp³-hybridized carbons (Fsp3) is 0.636. The van der Waals surface area contributed by atoms with Gasteiger partial charge in [0.15, 0.2) is 0 Å². The number of hydrogen-bond donors (Lipinski definition) is 2. The molecule has 0 heterocycles. The van der Waals surface area contributed by atoms with Crippen LogP contribution in [0.3, 0.4) is 0 Å². The van der Waals surface area contributed by atoms with Gasteiger partial charge in [0.1, 0.15) is 0 Å². The van der Waals surface area contributed by atoms with Crippen LogP contribution in [0, 0.1) is 6.92 Å². The quantitative estimate of drug-likeness (QED) is 0.711. The van der Waals surface area contributed by atoms with E-state index in [0.717, 1.165) is 37.2 Å². The van der Waals surface area contributed by atoms with Gasteiger partial charge in [-0.2, -0.15) is 0 Å². The van der Waals surface area contributed by atoms with Crippen molar-refractivity contribution in [1.29, 1.82) is 0 Å². The van der Waals surface area contributed by atoms with Gasteiger partial charge in [0.2, 0.25) is 5.91 Å². The first-order valence-corrected chi connectivity index (χ1v) is 10.6. The lowest BCUT2D eigenvalue weighted by molar-refractivity contribution is -0.116. The van der Waals surface area contributed by atoms with E-state index in [1.165, 1.54) is 24.9 Å². The highest BCUT2D eigenvalue weighted by Crippen LogP contribution is 2.26. The molecule has 0 atom stereocenters. The average molecular weight is 389 g/mol. The highest BCUT2D eigenvalue weighted by molar-refractivity contribution is 5.92. The van der Waals surface area contributed by atoms with E-state index >= 15 is 0 Å². The van der Waals surface area contributed by atoms with Crippen LogP contribution in [-0.4, -0.2) is 44.2 Å². The molecular weight excluding hydrogens is 352 g/mol. The molecule has 0 radical (unpaired) electrons. The van der Waals surface area contributed by atoms with E-state index in [2.05, 4.69) is 41.5 Å². The molecular formula is C22H36N4O2. The summed E-state index contributed by atoms with van der Waals surface area (Å²) in [7, 11) is 0. The number of carbonyl (C=O) groups excluding carboxylic acids is 2. The number of anilines is 2. The number of urea groups is 1. The molecule has 2 rings (SSSR count). The van der Waals surface area contributed by atoms with E-state index in [0.29, 0.717) is 13.1 Å². The first kappa shape index (κ1) is 22.1. The van der Waals surface area contributed by atoms with E-state index in [-0.39, 0.29) is 18.0 Å². The van der Waals surface area contributed by atoms with Gasteiger partial charge in [0.25, 0.3) is 0 Å². The lowest BCUT2D eigenvalue weighted by Gasteiger charge is -2.27. The fourth-order valence-electron chi connectivity index (χ4n) is 3.94. The molecule has 0 unspecified atom stereocenters. The highest BCUT2D eigenvalue weighted by atomic mass is 16.2. The summed E-state index contributed by atoms with van der Waals surface area (Å²) < 4.78 is 0. The fourth-order valence-corrected chi connectivity index (χ4v) is 3.94. The number of aryl methyl sites for hydroxylation is 1.